The molecular weight excluding hydrogens is 220 g/mol. The van der Waals surface area contributed by atoms with Crippen molar-refractivity contribution in [3.63, 3.8) is 0 Å². The van der Waals surface area contributed by atoms with Gasteiger partial charge in [0.1, 0.15) is 0 Å². The lowest BCUT2D eigenvalue weighted by Crippen LogP contribution is -2.35. The van der Waals surface area contributed by atoms with Crippen LogP contribution in [-0.4, -0.2) is 12.1 Å². The van der Waals surface area contributed by atoms with Crippen molar-refractivity contribution in [3.05, 3.63) is 34.9 Å². The highest BCUT2D eigenvalue weighted by atomic mass is 15.0. The van der Waals surface area contributed by atoms with Crippen LogP contribution >= 0.6 is 0 Å². The molecular formula is C16H26N2. The van der Waals surface area contributed by atoms with Gasteiger partial charge in [0, 0.05) is 18.6 Å². The molecule has 0 saturated heterocycles. The van der Waals surface area contributed by atoms with Gasteiger partial charge in [0.05, 0.1) is 0 Å². The summed E-state index contributed by atoms with van der Waals surface area (Å²) in [6, 6.07) is 6.81. The molecule has 0 radical (unpaired) electrons. The van der Waals surface area contributed by atoms with E-state index in [1.165, 1.54) is 29.5 Å². The average Bonchev–Trinajstić information content (AvgIpc) is 2.98. The van der Waals surface area contributed by atoms with Gasteiger partial charge in [-0.1, -0.05) is 39.0 Å². The Morgan fingerprint density at radius 1 is 1.28 bits per heavy atom. The highest BCUT2D eigenvalue weighted by Gasteiger charge is 2.37. The number of hydrogen-bond acceptors (Lipinski definition) is 2. The maximum absolute atomic E-state index is 6.07. The van der Waals surface area contributed by atoms with E-state index in [4.69, 9.17) is 5.73 Å². The molecule has 2 rings (SSSR count). The summed E-state index contributed by atoms with van der Waals surface area (Å²) in [5.74, 6) is 0. The Labute approximate surface area is 111 Å². The molecule has 1 aromatic rings. The Hall–Kier alpha value is -0.860. The van der Waals surface area contributed by atoms with Crippen LogP contribution in [0.5, 0.6) is 0 Å². The van der Waals surface area contributed by atoms with Gasteiger partial charge in [0.15, 0.2) is 0 Å². The molecule has 1 aliphatic carbocycles. The molecule has 1 aromatic carbocycles. The van der Waals surface area contributed by atoms with Crippen LogP contribution in [0.25, 0.3) is 0 Å². The van der Waals surface area contributed by atoms with Crippen molar-refractivity contribution >= 4 is 0 Å². The summed E-state index contributed by atoms with van der Waals surface area (Å²) in [4.78, 5) is 0. The zero-order chi connectivity index (χ0) is 13.4. The zero-order valence-electron chi connectivity index (χ0n) is 12.1. The second-order valence-electron chi connectivity index (χ2n) is 6.86. The van der Waals surface area contributed by atoms with Crippen molar-refractivity contribution < 1.29 is 0 Å². The quantitative estimate of drug-likeness (QED) is 0.857. The van der Waals surface area contributed by atoms with E-state index in [9.17, 15) is 0 Å². The standard InChI is InChI=1S/C16H26N2/c1-12-9-14(15(2,3)4)6-5-13(12)10-18-11-16(17)7-8-16/h5-6,9,18H,7-8,10-11,17H2,1-4H3. The van der Waals surface area contributed by atoms with Gasteiger partial charge in [-0.25, -0.2) is 0 Å². The molecule has 0 spiro atoms. The highest BCUT2D eigenvalue weighted by Crippen LogP contribution is 2.31. The minimum absolute atomic E-state index is 0.0965. The first-order chi connectivity index (χ1) is 8.30. The van der Waals surface area contributed by atoms with E-state index in [0.29, 0.717) is 0 Å². The van der Waals surface area contributed by atoms with E-state index in [0.717, 1.165) is 13.1 Å². The van der Waals surface area contributed by atoms with Crippen LogP contribution in [0.2, 0.25) is 0 Å². The van der Waals surface area contributed by atoms with Crippen LogP contribution in [0.1, 0.15) is 50.3 Å². The first-order valence-corrected chi connectivity index (χ1v) is 6.90. The number of rotatable bonds is 4. The van der Waals surface area contributed by atoms with Gasteiger partial charge in [-0.3, -0.25) is 0 Å². The molecule has 18 heavy (non-hydrogen) atoms. The summed E-state index contributed by atoms with van der Waals surface area (Å²) in [7, 11) is 0. The molecule has 2 heteroatoms. The molecule has 0 amide bonds. The van der Waals surface area contributed by atoms with Crippen molar-refractivity contribution in [2.45, 2.75) is 58.0 Å². The Balaban J connectivity index is 1.97. The van der Waals surface area contributed by atoms with Crippen molar-refractivity contribution in [2.75, 3.05) is 6.54 Å². The van der Waals surface area contributed by atoms with Crippen LogP contribution in [0.4, 0.5) is 0 Å². The third-order valence-electron chi connectivity index (χ3n) is 3.89. The predicted molar refractivity (Wildman–Crippen MR) is 77.7 cm³/mol. The van der Waals surface area contributed by atoms with Gasteiger partial charge < -0.3 is 11.1 Å². The zero-order valence-corrected chi connectivity index (χ0v) is 12.1. The van der Waals surface area contributed by atoms with Crippen molar-refractivity contribution in [1.29, 1.82) is 0 Å². The Bertz CT molecular complexity index is 425. The first-order valence-electron chi connectivity index (χ1n) is 6.90. The van der Waals surface area contributed by atoms with Gasteiger partial charge in [0.25, 0.3) is 0 Å². The molecule has 0 aliphatic heterocycles. The topological polar surface area (TPSA) is 38.0 Å². The van der Waals surface area contributed by atoms with Gasteiger partial charge >= 0.3 is 0 Å². The summed E-state index contributed by atoms with van der Waals surface area (Å²) in [5.41, 5.74) is 10.5. The van der Waals surface area contributed by atoms with E-state index in [2.05, 4.69) is 51.2 Å². The molecule has 1 saturated carbocycles. The third kappa shape index (κ3) is 3.33. The lowest BCUT2D eigenvalue weighted by atomic mass is 9.85. The van der Waals surface area contributed by atoms with Gasteiger partial charge in [-0.05, 0) is 41.9 Å². The lowest BCUT2D eigenvalue weighted by Gasteiger charge is -2.21. The Morgan fingerprint density at radius 3 is 2.44 bits per heavy atom. The van der Waals surface area contributed by atoms with E-state index in [-0.39, 0.29) is 11.0 Å². The van der Waals surface area contributed by atoms with Crippen LogP contribution in [0.15, 0.2) is 18.2 Å². The van der Waals surface area contributed by atoms with Gasteiger partial charge in [0.2, 0.25) is 0 Å². The van der Waals surface area contributed by atoms with E-state index >= 15 is 0 Å². The van der Waals surface area contributed by atoms with E-state index in [1.54, 1.807) is 0 Å². The summed E-state index contributed by atoms with van der Waals surface area (Å²) < 4.78 is 0. The average molecular weight is 246 g/mol. The monoisotopic (exact) mass is 246 g/mol. The van der Waals surface area contributed by atoms with E-state index in [1.807, 2.05) is 0 Å². The van der Waals surface area contributed by atoms with Crippen molar-refractivity contribution in [2.24, 2.45) is 5.73 Å². The minimum atomic E-state index is 0.0965. The number of aryl methyl sites for hydroxylation is 1. The maximum Gasteiger partial charge on any atom is 0.0282 e. The maximum atomic E-state index is 6.07. The SMILES string of the molecule is Cc1cc(C(C)(C)C)ccc1CNCC1(N)CC1. The van der Waals surface area contributed by atoms with Crippen LogP contribution in [-0.2, 0) is 12.0 Å². The summed E-state index contributed by atoms with van der Waals surface area (Å²) in [5, 5.41) is 3.48. The van der Waals surface area contributed by atoms with Crippen LogP contribution in [0.3, 0.4) is 0 Å². The molecule has 0 aromatic heterocycles. The van der Waals surface area contributed by atoms with Crippen molar-refractivity contribution in [1.82, 2.24) is 5.32 Å². The molecule has 2 nitrogen and oxygen atoms in total. The molecule has 0 bridgehead atoms. The predicted octanol–water partition coefficient (Wildman–Crippen LogP) is 2.87. The highest BCUT2D eigenvalue weighted by molar-refractivity contribution is 5.34. The molecule has 100 valence electrons. The van der Waals surface area contributed by atoms with Crippen LogP contribution < -0.4 is 11.1 Å². The Morgan fingerprint density at radius 2 is 1.94 bits per heavy atom. The third-order valence-corrected chi connectivity index (χ3v) is 3.89. The number of benzene rings is 1. The fraction of sp³-hybridized carbons (Fsp3) is 0.625. The molecule has 3 N–H and O–H groups in total. The number of hydrogen-bond donors (Lipinski definition) is 2. The Kier molecular flexibility index (Phi) is 3.52. The summed E-state index contributed by atoms with van der Waals surface area (Å²) in [6.45, 7) is 10.8. The van der Waals surface area contributed by atoms with Gasteiger partial charge in [-0.15, -0.1) is 0 Å². The summed E-state index contributed by atoms with van der Waals surface area (Å²) in [6.07, 6.45) is 2.34. The molecule has 1 aliphatic rings. The largest absolute Gasteiger partial charge is 0.324 e. The van der Waals surface area contributed by atoms with E-state index < -0.39 is 0 Å². The lowest BCUT2D eigenvalue weighted by molar-refractivity contribution is 0.566. The van der Waals surface area contributed by atoms with Crippen molar-refractivity contribution in [3.8, 4) is 0 Å². The minimum Gasteiger partial charge on any atom is -0.324 e. The summed E-state index contributed by atoms with van der Waals surface area (Å²) >= 11 is 0. The molecule has 0 atom stereocenters. The normalized spacial score (nSPS) is 17.8. The number of nitrogens with one attached hydrogen (secondary N) is 1. The molecule has 0 heterocycles. The van der Waals surface area contributed by atoms with Gasteiger partial charge in [-0.2, -0.15) is 0 Å². The fourth-order valence-corrected chi connectivity index (χ4v) is 2.14. The number of nitrogens with two attached hydrogens (primary N) is 1. The fourth-order valence-electron chi connectivity index (χ4n) is 2.14. The second-order valence-corrected chi connectivity index (χ2v) is 6.86. The second kappa shape index (κ2) is 4.67. The van der Waals surface area contributed by atoms with Crippen LogP contribution in [0, 0.1) is 6.92 Å². The first kappa shape index (κ1) is 13.6. The smallest absolute Gasteiger partial charge is 0.0282 e. The molecule has 0 unspecified atom stereocenters. The molecule has 1 fully saturated rings.